The van der Waals surface area contributed by atoms with Gasteiger partial charge in [-0.2, -0.15) is 0 Å². The molecule has 0 amide bonds. The summed E-state index contributed by atoms with van der Waals surface area (Å²) in [5, 5.41) is 4.55. The molecule has 0 radical (unpaired) electrons. The van der Waals surface area contributed by atoms with Gasteiger partial charge in [0, 0.05) is 18.1 Å². The highest BCUT2D eigenvalue weighted by Crippen LogP contribution is 2.45. The molecule has 0 spiro atoms. The van der Waals surface area contributed by atoms with Crippen LogP contribution in [0.3, 0.4) is 0 Å². The molecule has 1 N–H and O–H groups in total. The molecular weight excluding hydrogens is 277 g/mol. The molecule has 0 unspecified atom stereocenters. The van der Waals surface area contributed by atoms with Gasteiger partial charge in [0.2, 0.25) is 0 Å². The molecular formula is C15H15ClFN3. The van der Waals surface area contributed by atoms with E-state index in [1.54, 1.807) is 0 Å². The SMILES string of the molecule is Fc1ccc2c(C3CC3)cn(CC3=NCCN3)c2c1Cl. The van der Waals surface area contributed by atoms with Gasteiger partial charge in [-0.15, -0.1) is 0 Å². The van der Waals surface area contributed by atoms with Crippen molar-refractivity contribution in [2.24, 2.45) is 4.99 Å². The normalized spacial score (nSPS) is 18.4. The predicted octanol–water partition coefficient (Wildman–Crippen LogP) is 3.31. The summed E-state index contributed by atoms with van der Waals surface area (Å²) in [5.74, 6) is 1.20. The number of aliphatic imine (C=N–C) groups is 1. The van der Waals surface area contributed by atoms with E-state index < -0.39 is 0 Å². The molecule has 1 fully saturated rings. The number of fused-ring (bicyclic) bond motifs is 1. The van der Waals surface area contributed by atoms with Crippen LogP contribution in [-0.2, 0) is 6.54 Å². The van der Waals surface area contributed by atoms with Crippen molar-refractivity contribution in [2.75, 3.05) is 13.1 Å². The molecule has 2 aromatic rings. The van der Waals surface area contributed by atoms with Crippen molar-refractivity contribution in [1.29, 1.82) is 0 Å². The fourth-order valence-corrected chi connectivity index (χ4v) is 3.19. The van der Waals surface area contributed by atoms with E-state index >= 15 is 0 Å². The van der Waals surface area contributed by atoms with Crippen LogP contribution in [0.5, 0.6) is 0 Å². The van der Waals surface area contributed by atoms with Crippen molar-refractivity contribution < 1.29 is 4.39 Å². The minimum absolute atomic E-state index is 0.216. The van der Waals surface area contributed by atoms with Crippen molar-refractivity contribution in [3.05, 3.63) is 34.7 Å². The largest absolute Gasteiger partial charge is 0.370 e. The number of rotatable bonds is 3. The summed E-state index contributed by atoms with van der Waals surface area (Å²) in [6.45, 7) is 2.32. The highest BCUT2D eigenvalue weighted by molar-refractivity contribution is 6.35. The number of nitrogens with one attached hydrogen (secondary N) is 1. The zero-order chi connectivity index (χ0) is 13.7. The average Bonchev–Trinajstić information content (AvgIpc) is 3.03. The first kappa shape index (κ1) is 12.2. The fourth-order valence-electron chi connectivity index (χ4n) is 2.91. The summed E-state index contributed by atoms with van der Waals surface area (Å²) in [4.78, 5) is 4.41. The molecule has 3 nitrogen and oxygen atoms in total. The van der Waals surface area contributed by atoms with Gasteiger partial charge in [-0.3, -0.25) is 4.99 Å². The Labute approximate surface area is 121 Å². The number of benzene rings is 1. The highest BCUT2D eigenvalue weighted by atomic mass is 35.5. The molecule has 0 atom stereocenters. The van der Waals surface area contributed by atoms with Crippen LogP contribution in [0.2, 0.25) is 5.02 Å². The maximum atomic E-state index is 13.8. The van der Waals surface area contributed by atoms with Crippen LogP contribution in [0.25, 0.3) is 10.9 Å². The van der Waals surface area contributed by atoms with Gasteiger partial charge >= 0.3 is 0 Å². The zero-order valence-corrected chi connectivity index (χ0v) is 11.8. The van der Waals surface area contributed by atoms with Crippen LogP contribution in [0, 0.1) is 5.82 Å². The van der Waals surface area contributed by atoms with E-state index in [4.69, 9.17) is 11.6 Å². The Morgan fingerprint density at radius 1 is 1.40 bits per heavy atom. The average molecular weight is 292 g/mol. The summed E-state index contributed by atoms with van der Waals surface area (Å²) in [6, 6.07) is 3.32. The number of hydrogen-bond donors (Lipinski definition) is 1. The van der Waals surface area contributed by atoms with Crippen molar-refractivity contribution in [2.45, 2.75) is 25.3 Å². The van der Waals surface area contributed by atoms with Crippen LogP contribution >= 0.6 is 11.6 Å². The first-order valence-electron chi connectivity index (χ1n) is 6.98. The molecule has 1 aliphatic carbocycles. The second kappa shape index (κ2) is 4.48. The second-order valence-corrected chi connectivity index (χ2v) is 5.88. The molecule has 20 heavy (non-hydrogen) atoms. The first-order valence-corrected chi connectivity index (χ1v) is 7.36. The molecule has 2 aliphatic rings. The van der Waals surface area contributed by atoms with Gasteiger partial charge in [0.1, 0.15) is 16.7 Å². The molecule has 2 heterocycles. The lowest BCUT2D eigenvalue weighted by molar-refractivity contribution is 0.629. The second-order valence-electron chi connectivity index (χ2n) is 5.50. The third kappa shape index (κ3) is 1.90. The fraction of sp³-hybridized carbons (Fsp3) is 0.400. The van der Waals surface area contributed by atoms with Gasteiger partial charge in [-0.25, -0.2) is 4.39 Å². The minimum Gasteiger partial charge on any atom is -0.370 e. The molecule has 0 saturated heterocycles. The van der Waals surface area contributed by atoms with Crippen LogP contribution in [0.4, 0.5) is 4.39 Å². The van der Waals surface area contributed by atoms with E-state index in [9.17, 15) is 4.39 Å². The van der Waals surface area contributed by atoms with Crippen LogP contribution in [-0.4, -0.2) is 23.5 Å². The van der Waals surface area contributed by atoms with Crippen molar-refractivity contribution >= 4 is 28.3 Å². The smallest absolute Gasteiger partial charge is 0.143 e. The van der Waals surface area contributed by atoms with E-state index in [-0.39, 0.29) is 10.8 Å². The molecule has 0 bridgehead atoms. The maximum Gasteiger partial charge on any atom is 0.143 e. The Bertz CT molecular complexity index is 715. The van der Waals surface area contributed by atoms with E-state index in [0.29, 0.717) is 12.5 Å². The number of aromatic nitrogens is 1. The molecule has 4 rings (SSSR count). The van der Waals surface area contributed by atoms with Gasteiger partial charge in [-0.1, -0.05) is 11.6 Å². The minimum atomic E-state index is -0.359. The van der Waals surface area contributed by atoms with E-state index in [0.717, 1.165) is 29.8 Å². The lowest BCUT2D eigenvalue weighted by Gasteiger charge is -2.07. The lowest BCUT2D eigenvalue weighted by atomic mass is 10.1. The Kier molecular flexibility index (Phi) is 2.74. The topological polar surface area (TPSA) is 29.3 Å². The van der Waals surface area contributed by atoms with Crippen LogP contribution in [0.15, 0.2) is 23.3 Å². The first-order chi connectivity index (χ1) is 9.74. The van der Waals surface area contributed by atoms with Gasteiger partial charge in [0.15, 0.2) is 0 Å². The van der Waals surface area contributed by atoms with E-state index in [2.05, 4.69) is 16.5 Å². The molecule has 5 heteroatoms. The Morgan fingerprint density at radius 3 is 2.95 bits per heavy atom. The van der Waals surface area contributed by atoms with Gasteiger partial charge < -0.3 is 9.88 Å². The molecule has 1 aromatic heterocycles. The molecule has 1 aliphatic heterocycles. The summed E-state index contributed by atoms with van der Waals surface area (Å²) in [6.07, 6.45) is 4.55. The maximum absolute atomic E-state index is 13.8. The third-order valence-electron chi connectivity index (χ3n) is 4.04. The van der Waals surface area contributed by atoms with Crippen molar-refractivity contribution in [3.8, 4) is 0 Å². The number of hydrogen-bond acceptors (Lipinski definition) is 2. The summed E-state index contributed by atoms with van der Waals surface area (Å²) in [7, 11) is 0. The van der Waals surface area contributed by atoms with E-state index in [1.165, 1.54) is 24.5 Å². The lowest BCUT2D eigenvalue weighted by Crippen LogP contribution is -2.23. The molecule has 1 aromatic carbocycles. The van der Waals surface area contributed by atoms with Gasteiger partial charge in [0.05, 0.1) is 18.6 Å². The van der Waals surface area contributed by atoms with Crippen LogP contribution in [0.1, 0.15) is 24.3 Å². The van der Waals surface area contributed by atoms with Gasteiger partial charge in [0.25, 0.3) is 0 Å². The van der Waals surface area contributed by atoms with Crippen LogP contribution < -0.4 is 5.32 Å². The summed E-state index contributed by atoms with van der Waals surface area (Å²) >= 11 is 6.20. The van der Waals surface area contributed by atoms with Crippen molar-refractivity contribution in [3.63, 3.8) is 0 Å². The highest BCUT2D eigenvalue weighted by Gasteiger charge is 2.28. The summed E-state index contributed by atoms with van der Waals surface area (Å²) < 4.78 is 15.8. The standard InChI is InChI=1S/C15H15ClFN3/c16-14-12(17)4-3-10-11(9-1-2-9)7-20(15(10)14)8-13-18-5-6-19-13/h3-4,7,9H,1-2,5-6,8H2,(H,18,19). The quantitative estimate of drug-likeness (QED) is 0.923. The molecule has 104 valence electrons. The third-order valence-corrected chi connectivity index (χ3v) is 4.40. The Hall–Kier alpha value is -1.55. The predicted molar refractivity (Wildman–Crippen MR) is 79.2 cm³/mol. The Balaban J connectivity index is 1.87. The zero-order valence-electron chi connectivity index (χ0n) is 11.0. The van der Waals surface area contributed by atoms with Crippen molar-refractivity contribution in [1.82, 2.24) is 9.88 Å². The van der Waals surface area contributed by atoms with Gasteiger partial charge in [-0.05, 0) is 36.5 Å². The molecule has 1 saturated carbocycles. The number of amidine groups is 1. The monoisotopic (exact) mass is 291 g/mol. The number of nitrogens with zero attached hydrogens (tertiary/aromatic N) is 2. The Morgan fingerprint density at radius 2 is 2.25 bits per heavy atom. The van der Waals surface area contributed by atoms with E-state index in [1.807, 2.05) is 10.6 Å². The summed E-state index contributed by atoms with van der Waals surface area (Å²) in [5.41, 5.74) is 2.09. The number of halogens is 2.